The number of rotatable bonds is 6. The standard InChI is InChI=1S/C20H20N2O3/c1-3-14-5-8-17(9-6-14)22-20(24)16(13-21)11-15-7-10-18(23)19(12-15)25-4-2/h5-12,23H,3-4H2,1-2H3,(H,22,24)/b16-11-. The average molecular weight is 336 g/mol. The first-order valence-corrected chi connectivity index (χ1v) is 8.05. The van der Waals surface area contributed by atoms with E-state index >= 15 is 0 Å². The topological polar surface area (TPSA) is 82.3 Å². The fourth-order valence-corrected chi connectivity index (χ4v) is 2.23. The minimum absolute atomic E-state index is 0.0120. The third-order valence-corrected chi connectivity index (χ3v) is 3.58. The van der Waals surface area contributed by atoms with Crippen LogP contribution in [0.5, 0.6) is 11.5 Å². The largest absolute Gasteiger partial charge is 0.504 e. The molecule has 0 aromatic heterocycles. The lowest BCUT2D eigenvalue weighted by molar-refractivity contribution is -0.112. The lowest BCUT2D eigenvalue weighted by Crippen LogP contribution is -2.13. The van der Waals surface area contributed by atoms with Gasteiger partial charge in [-0.1, -0.05) is 25.1 Å². The van der Waals surface area contributed by atoms with Crippen LogP contribution in [0.3, 0.4) is 0 Å². The quantitative estimate of drug-likeness (QED) is 0.619. The second-order valence-electron chi connectivity index (χ2n) is 5.33. The maximum absolute atomic E-state index is 12.3. The van der Waals surface area contributed by atoms with Crippen LogP contribution in [0.2, 0.25) is 0 Å². The summed E-state index contributed by atoms with van der Waals surface area (Å²) in [5, 5.41) is 21.7. The maximum atomic E-state index is 12.3. The maximum Gasteiger partial charge on any atom is 0.266 e. The first-order valence-electron chi connectivity index (χ1n) is 8.05. The molecule has 5 heteroatoms. The molecule has 2 rings (SSSR count). The van der Waals surface area contributed by atoms with E-state index < -0.39 is 5.91 Å². The Morgan fingerprint density at radius 2 is 1.96 bits per heavy atom. The first kappa shape index (κ1) is 18.1. The highest BCUT2D eigenvalue weighted by atomic mass is 16.5. The molecule has 25 heavy (non-hydrogen) atoms. The van der Waals surface area contributed by atoms with E-state index in [0.29, 0.717) is 23.6 Å². The summed E-state index contributed by atoms with van der Waals surface area (Å²) in [6.45, 7) is 4.26. The highest BCUT2D eigenvalue weighted by Crippen LogP contribution is 2.27. The van der Waals surface area contributed by atoms with Crippen LogP contribution in [0.1, 0.15) is 25.0 Å². The molecule has 0 heterocycles. The van der Waals surface area contributed by atoms with Crippen LogP contribution in [-0.4, -0.2) is 17.6 Å². The summed E-state index contributed by atoms with van der Waals surface area (Å²) in [6, 6.07) is 14.0. The van der Waals surface area contributed by atoms with E-state index in [0.717, 1.165) is 6.42 Å². The van der Waals surface area contributed by atoms with Gasteiger partial charge >= 0.3 is 0 Å². The van der Waals surface area contributed by atoms with Gasteiger partial charge in [0.15, 0.2) is 11.5 Å². The van der Waals surface area contributed by atoms with Crippen molar-refractivity contribution in [1.29, 1.82) is 5.26 Å². The summed E-state index contributed by atoms with van der Waals surface area (Å²) in [6.07, 6.45) is 2.37. The highest BCUT2D eigenvalue weighted by molar-refractivity contribution is 6.09. The summed E-state index contributed by atoms with van der Waals surface area (Å²) in [4.78, 5) is 12.3. The number of carbonyl (C=O) groups excluding carboxylic acids is 1. The number of nitriles is 1. The molecule has 0 saturated carbocycles. The van der Waals surface area contributed by atoms with Crippen LogP contribution in [-0.2, 0) is 11.2 Å². The summed E-state index contributed by atoms with van der Waals surface area (Å²) in [5.41, 5.74) is 2.35. The van der Waals surface area contributed by atoms with Crippen molar-refractivity contribution in [3.8, 4) is 17.6 Å². The smallest absolute Gasteiger partial charge is 0.266 e. The van der Waals surface area contributed by atoms with Gasteiger partial charge in [-0.2, -0.15) is 5.26 Å². The molecular weight excluding hydrogens is 316 g/mol. The molecule has 0 aliphatic rings. The Morgan fingerprint density at radius 1 is 1.24 bits per heavy atom. The normalized spacial score (nSPS) is 10.8. The van der Waals surface area contributed by atoms with E-state index in [1.165, 1.54) is 17.7 Å². The van der Waals surface area contributed by atoms with Gasteiger partial charge in [-0.25, -0.2) is 0 Å². The van der Waals surface area contributed by atoms with Gasteiger partial charge in [-0.3, -0.25) is 4.79 Å². The van der Waals surface area contributed by atoms with Crippen LogP contribution in [0.25, 0.3) is 6.08 Å². The number of nitrogens with zero attached hydrogens (tertiary/aromatic N) is 1. The zero-order valence-corrected chi connectivity index (χ0v) is 14.2. The van der Waals surface area contributed by atoms with Gasteiger partial charge in [0.2, 0.25) is 0 Å². The molecular formula is C20H20N2O3. The van der Waals surface area contributed by atoms with Crippen LogP contribution in [0.15, 0.2) is 48.0 Å². The molecule has 0 aliphatic heterocycles. The fraction of sp³-hybridized carbons (Fsp3) is 0.200. The molecule has 0 unspecified atom stereocenters. The molecule has 0 radical (unpaired) electrons. The Labute approximate surface area is 147 Å². The minimum atomic E-state index is -0.488. The number of hydrogen-bond acceptors (Lipinski definition) is 4. The molecule has 5 nitrogen and oxygen atoms in total. The lowest BCUT2D eigenvalue weighted by atomic mass is 10.1. The SMILES string of the molecule is CCOc1cc(/C=C(/C#N)C(=O)Nc2ccc(CC)cc2)ccc1O. The molecule has 0 saturated heterocycles. The monoisotopic (exact) mass is 336 g/mol. The summed E-state index contributed by atoms with van der Waals surface area (Å²) in [7, 11) is 0. The molecule has 2 aromatic carbocycles. The van der Waals surface area contributed by atoms with Crippen molar-refractivity contribution < 1.29 is 14.6 Å². The summed E-state index contributed by atoms with van der Waals surface area (Å²) < 4.78 is 5.31. The molecule has 0 atom stereocenters. The number of carbonyl (C=O) groups is 1. The number of aryl methyl sites for hydroxylation is 1. The predicted molar refractivity (Wildman–Crippen MR) is 97.3 cm³/mol. The number of nitrogens with one attached hydrogen (secondary N) is 1. The number of ether oxygens (including phenoxy) is 1. The van der Waals surface area contributed by atoms with Crippen molar-refractivity contribution in [3.63, 3.8) is 0 Å². The summed E-state index contributed by atoms with van der Waals surface area (Å²) in [5.74, 6) is -0.167. The van der Waals surface area contributed by atoms with Crippen molar-refractivity contribution in [3.05, 3.63) is 59.2 Å². The van der Waals surface area contributed by atoms with Gasteiger partial charge in [0.25, 0.3) is 5.91 Å². The van der Waals surface area contributed by atoms with E-state index in [4.69, 9.17) is 4.74 Å². The lowest BCUT2D eigenvalue weighted by Gasteiger charge is -2.07. The van der Waals surface area contributed by atoms with E-state index in [-0.39, 0.29) is 11.3 Å². The van der Waals surface area contributed by atoms with E-state index in [2.05, 4.69) is 12.2 Å². The Balaban J connectivity index is 2.20. The number of amides is 1. The Bertz CT molecular complexity index is 818. The average Bonchev–Trinajstić information content (AvgIpc) is 2.63. The Hall–Kier alpha value is -3.26. The van der Waals surface area contributed by atoms with Gasteiger partial charge < -0.3 is 15.2 Å². The zero-order chi connectivity index (χ0) is 18.2. The second-order valence-corrected chi connectivity index (χ2v) is 5.33. The van der Waals surface area contributed by atoms with Crippen molar-refractivity contribution >= 4 is 17.7 Å². The molecule has 0 aliphatic carbocycles. The van der Waals surface area contributed by atoms with Crippen molar-refractivity contribution in [2.24, 2.45) is 0 Å². The van der Waals surface area contributed by atoms with Gasteiger partial charge in [0.1, 0.15) is 11.6 Å². The van der Waals surface area contributed by atoms with Crippen molar-refractivity contribution in [2.75, 3.05) is 11.9 Å². The number of aromatic hydroxyl groups is 1. The molecule has 0 fully saturated rings. The minimum Gasteiger partial charge on any atom is -0.504 e. The number of benzene rings is 2. The Kier molecular flexibility index (Phi) is 6.19. The molecule has 2 N–H and O–H groups in total. The molecule has 1 amide bonds. The molecule has 2 aromatic rings. The highest BCUT2D eigenvalue weighted by Gasteiger charge is 2.10. The summed E-state index contributed by atoms with van der Waals surface area (Å²) >= 11 is 0. The van der Waals surface area contributed by atoms with Gasteiger partial charge in [0.05, 0.1) is 6.61 Å². The van der Waals surface area contributed by atoms with Crippen LogP contribution < -0.4 is 10.1 Å². The van der Waals surface area contributed by atoms with Gasteiger partial charge in [-0.15, -0.1) is 0 Å². The van der Waals surface area contributed by atoms with Crippen molar-refractivity contribution in [2.45, 2.75) is 20.3 Å². The number of phenolic OH excluding ortho intramolecular Hbond substituents is 1. The van der Waals surface area contributed by atoms with Gasteiger partial charge in [-0.05, 0) is 54.8 Å². The van der Waals surface area contributed by atoms with Crippen LogP contribution in [0, 0.1) is 11.3 Å². The van der Waals surface area contributed by atoms with E-state index in [1.807, 2.05) is 18.2 Å². The van der Waals surface area contributed by atoms with Crippen LogP contribution in [0.4, 0.5) is 5.69 Å². The van der Waals surface area contributed by atoms with Gasteiger partial charge in [0, 0.05) is 5.69 Å². The number of phenols is 1. The second kappa shape index (κ2) is 8.55. The van der Waals surface area contributed by atoms with Crippen LogP contribution >= 0.6 is 0 Å². The third-order valence-electron chi connectivity index (χ3n) is 3.58. The zero-order valence-electron chi connectivity index (χ0n) is 14.2. The van der Waals surface area contributed by atoms with E-state index in [1.54, 1.807) is 31.2 Å². The first-order chi connectivity index (χ1) is 12.1. The number of anilines is 1. The predicted octanol–water partition coefficient (Wildman–Crippen LogP) is 3.90. The molecule has 0 spiro atoms. The number of hydrogen-bond donors (Lipinski definition) is 2. The molecule has 128 valence electrons. The Morgan fingerprint density at radius 3 is 2.56 bits per heavy atom. The van der Waals surface area contributed by atoms with E-state index in [9.17, 15) is 15.2 Å². The van der Waals surface area contributed by atoms with Crippen molar-refractivity contribution in [1.82, 2.24) is 0 Å². The molecule has 0 bridgehead atoms. The fourth-order valence-electron chi connectivity index (χ4n) is 2.23. The third kappa shape index (κ3) is 4.85.